The maximum absolute atomic E-state index is 16.2. The van der Waals surface area contributed by atoms with Crippen molar-refractivity contribution in [2.24, 2.45) is 10.7 Å². The summed E-state index contributed by atoms with van der Waals surface area (Å²) in [4.78, 5) is 13.5. The van der Waals surface area contributed by atoms with Gasteiger partial charge in [-0.25, -0.2) is 9.38 Å². The molecule has 0 aliphatic carbocycles. The van der Waals surface area contributed by atoms with Crippen molar-refractivity contribution in [2.45, 2.75) is 5.54 Å². The van der Waals surface area contributed by atoms with Gasteiger partial charge in [-0.05, 0) is 47.5 Å². The standard InChI is InChI=1S/C25H19FN4O/c1-31-18-6-2-5-16(15-18)19-7-3-9-21(22(19)26)25(17-10-13-28-14-11-17)23-20(24(27)30-25)8-4-12-29-23/h2-15H,1H3,(H2,27,30). The van der Waals surface area contributed by atoms with Crippen molar-refractivity contribution in [3.05, 3.63) is 114 Å². The number of nitrogens with zero attached hydrogens (tertiary/aromatic N) is 3. The molecule has 1 unspecified atom stereocenters. The molecule has 5 nitrogen and oxygen atoms in total. The van der Waals surface area contributed by atoms with Gasteiger partial charge in [0.05, 0.1) is 12.8 Å². The number of pyridine rings is 2. The van der Waals surface area contributed by atoms with Crippen LogP contribution in [-0.2, 0) is 5.54 Å². The van der Waals surface area contributed by atoms with Crippen molar-refractivity contribution in [2.75, 3.05) is 7.11 Å². The van der Waals surface area contributed by atoms with Gasteiger partial charge in [0.2, 0.25) is 0 Å². The lowest BCUT2D eigenvalue weighted by Crippen LogP contribution is -2.28. The molecule has 0 radical (unpaired) electrons. The zero-order chi connectivity index (χ0) is 21.4. The number of methoxy groups -OCH3 is 1. The molecular formula is C25H19FN4O. The average molecular weight is 410 g/mol. The van der Waals surface area contributed by atoms with E-state index in [0.29, 0.717) is 39.5 Å². The van der Waals surface area contributed by atoms with E-state index < -0.39 is 5.54 Å². The highest BCUT2D eigenvalue weighted by Crippen LogP contribution is 2.46. The maximum atomic E-state index is 16.2. The molecule has 1 atom stereocenters. The number of hydrogen-bond donors (Lipinski definition) is 1. The molecule has 3 heterocycles. The third-order valence-electron chi connectivity index (χ3n) is 5.58. The van der Waals surface area contributed by atoms with E-state index in [1.807, 2.05) is 42.5 Å². The summed E-state index contributed by atoms with van der Waals surface area (Å²) in [5.74, 6) is 0.593. The van der Waals surface area contributed by atoms with Crippen molar-refractivity contribution in [3.8, 4) is 16.9 Å². The molecular weight excluding hydrogens is 391 g/mol. The van der Waals surface area contributed by atoms with Gasteiger partial charge in [-0.15, -0.1) is 0 Å². The van der Waals surface area contributed by atoms with Crippen LogP contribution < -0.4 is 10.5 Å². The van der Waals surface area contributed by atoms with E-state index in [0.717, 1.165) is 5.56 Å². The van der Waals surface area contributed by atoms with E-state index in [1.165, 1.54) is 0 Å². The Morgan fingerprint density at radius 1 is 0.903 bits per heavy atom. The van der Waals surface area contributed by atoms with Crippen LogP contribution in [-0.4, -0.2) is 22.9 Å². The zero-order valence-corrected chi connectivity index (χ0v) is 16.8. The van der Waals surface area contributed by atoms with Crippen molar-refractivity contribution in [1.29, 1.82) is 0 Å². The molecule has 1 aliphatic heterocycles. The molecule has 152 valence electrons. The van der Waals surface area contributed by atoms with E-state index in [9.17, 15) is 0 Å². The van der Waals surface area contributed by atoms with Crippen molar-refractivity contribution in [3.63, 3.8) is 0 Å². The number of nitrogens with two attached hydrogens (primary N) is 1. The second kappa shape index (κ2) is 7.32. The molecule has 0 saturated carbocycles. The molecule has 0 amide bonds. The quantitative estimate of drug-likeness (QED) is 0.544. The topological polar surface area (TPSA) is 73.4 Å². The molecule has 4 aromatic rings. The van der Waals surface area contributed by atoms with Crippen LogP contribution >= 0.6 is 0 Å². The molecule has 0 bridgehead atoms. The highest BCUT2D eigenvalue weighted by Gasteiger charge is 2.46. The number of benzene rings is 2. The molecule has 0 fully saturated rings. The molecule has 31 heavy (non-hydrogen) atoms. The van der Waals surface area contributed by atoms with Gasteiger partial charge >= 0.3 is 0 Å². The van der Waals surface area contributed by atoms with Crippen LogP contribution in [0.5, 0.6) is 5.75 Å². The number of hydrogen-bond acceptors (Lipinski definition) is 5. The summed E-state index contributed by atoms with van der Waals surface area (Å²) in [5.41, 5.74) is 8.65. The highest BCUT2D eigenvalue weighted by atomic mass is 19.1. The Kier molecular flexibility index (Phi) is 4.47. The number of aliphatic imine (C=N–C) groups is 1. The SMILES string of the molecule is COc1cccc(-c2cccc(C3(c4ccncc4)N=C(N)c4cccnc43)c2F)c1. The van der Waals surface area contributed by atoms with Gasteiger partial charge in [-0.2, -0.15) is 0 Å². The average Bonchev–Trinajstić information content (AvgIpc) is 3.13. The predicted octanol–water partition coefficient (Wildman–Crippen LogP) is 4.30. The Morgan fingerprint density at radius 3 is 2.48 bits per heavy atom. The van der Waals surface area contributed by atoms with Gasteiger partial charge in [0.1, 0.15) is 17.4 Å². The number of halogens is 1. The van der Waals surface area contributed by atoms with E-state index in [1.54, 1.807) is 50.0 Å². The second-order valence-corrected chi connectivity index (χ2v) is 7.24. The number of amidine groups is 1. The molecule has 2 N–H and O–H groups in total. The van der Waals surface area contributed by atoms with Gasteiger partial charge in [0.25, 0.3) is 0 Å². The van der Waals surface area contributed by atoms with Gasteiger partial charge in [-0.1, -0.05) is 30.3 Å². The lowest BCUT2D eigenvalue weighted by atomic mass is 9.79. The summed E-state index contributed by atoms with van der Waals surface area (Å²) in [6, 6.07) is 19.9. The first-order valence-electron chi connectivity index (χ1n) is 9.80. The van der Waals surface area contributed by atoms with E-state index >= 15 is 4.39 Å². The van der Waals surface area contributed by atoms with Crippen molar-refractivity contribution >= 4 is 5.84 Å². The lowest BCUT2D eigenvalue weighted by Gasteiger charge is -2.29. The number of ether oxygens (including phenoxy) is 1. The summed E-state index contributed by atoms with van der Waals surface area (Å²) in [6.45, 7) is 0. The first kappa shape index (κ1) is 18.9. The normalized spacial score (nSPS) is 17.2. The van der Waals surface area contributed by atoms with Crippen LogP contribution in [0.15, 0.2) is 90.3 Å². The largest absolute Gasteiger partial charge is 0.497 e. The van der Waals surface area contributed by atoms with Crippen LogP contribution in [0.2, 0.25) is 0 Å². The first-order valence-corrected chi connectivity index (χ1v) is 9.80. The second-order valence-electron chi connectivity index (χ2n) is 7.24. The van der Waals surface area contributed by atoms with Gasteiger partial charge in [-0.3, -0.25) is 9.97 Å². The molecule has 0 spiro atoms. The molecule has 6 heteroatoms. The molecule has 2 aromatic heterocycles. The Hall–Kier alpha value is -4.06. The Labute approximate surface area is 179 Å². The van der Waals surface area contributed by atoms with Crippen molar-refractivity contribution < 1.29 is 9.13 Å². The van der Waals surface area contributed by atoms with Gasteiger partial charge in [0, 0.05) is 35.3 Å². The minimum Gasteiger partial charge on any atom is -0.497 e. The summed E-state index contributed by atoms with van der Waals surface area (Å²) in [7, 11) is 1.59. The third kappa shape index (κ3) is 2.87. The van der Waals surface area contributed by atoms with E-state index in [-0.39, 0.29) is 5.82 Å². The maximum Gasteiger partial charge on any atom is 0.158 e. The molecule has 0 saturated heterocycles. The summed E-state index contributed by atoms with van der Waals surface area (Å²) >= 11 is 0. The van der Waals surface area contributed by atoms with E-state index in [2.05, 4.69) is 9.97 Å². The predicted molar refractivity (Wildman–Crippen MR) is 117 cm³/mol. The Bertz CT molecular complexity index is 1310. The smallest absolute Gasteiger partial charge is 0.158 e. The van der Waals surface area contributed by atoms with Crippen molar-refractivity contribution in [1.82, 2.24) is 9.97 Å². The summed E-state index contributed by atoms with van der Waals surface area (Å²) in [6.07, 6.45) is 4.99. The van der Waals surface area contributed by atoms with Crippen LogP contribution in [0.3, 0.4) is 0 Å². The fraction of sp³-hybridized carbons (Fsp3) is 0.0800. The molecule has 1 aliphatic rings. The molecule has 2 aromatic carbocycles. The van der Waals surface area contributed by atoms with Crippen LogP contribution in [0.1, 0.15) is 22.4 Å². The lowest BCUT2D eigenvalue weighted by molar-refractivity contribution is 0.415. The third-order valence-corrected chi connectivity index (χ3v) is 5.58. The minimum absolute atomic E-state index is 0.325. The number of fused-ring (bicyclic) bond motifs is 1. The van der Waals surface area contributed by atoms with Crippen LogP contribution in [0, 0.1) is 5.82 Å². The first-order chi connectivity index (χ1) is 15.1. The minimum atomic E-state index is -1.21. The fourth-order valence-electron chi connectivity index (χ4n) is 4.16. The monoisotopic (exact) mass is 410 g/mol. The van der Waals surface area contributed by atoms with E-state index in [4.69, 9.17) is 15.5 Å². The van der Waals surface area contributed by atoms with Gasteiger partial charge in [0.15, 0.2) is 5.54 Å². The Morgan fingerprint density at radius 2 is 1.68 bits per heavy atom. The fourth-order valence-corrected chi connectivity index (χ4v) is 4.16. The summed E-state index contributed by atoms with van der Waals surface area (Å²) < 4.78 is 21.5. The summed E-state index contributed by atoms with van der Waals surface area (Å²) in [5, 5.41) is 0. The number of rotatable bonds is 4. The highest BCUT2D eigenvalue weighted by molar-refractivity contribution is 6.02. The van der Waals surface area contributed by atoms with Crippen LogP contribution in [0.4, 0.5) is 4.39 Å². The number of aromatic nitrogens is 2. The zero-order valence-electron chi connectivity index (χ0n) is 16.8. The Balaban J connectivity index is 1.81. The van der Waals surface area contributed by atoms with Gasteiger partial charge < -0.3 is 10.5 Å². The van der Waals surface area contributed by atoms with Crippen LogP contribution in [0.25, 0.3) is 11.1 Å². The molecule has 5 rings (SSSR count).